The van der Waals surface area contributed by atoms with Crippen molar-refractivity contribution in [3.63, 3.8) is 0 Å². The van der Waals surface area contributed by atoms with E-state index in [0.717, 1.165) is 12.0 Å². The average Bonchev–Trinajstić information content (AvgIpc) is 2.91. The molecule has 1 heterocycles. The van der Waals surface area contributed by atoms with Gasteiger partial charge in [-0.25, -0.2) is 4.98 Å². The van der Waals surface area contributed by atoms with Crippen molar-refractivity contribution in [3.05, 3.63) is 54.6 Å². The molecular formula is C15H18N2O2. The Morgan fingerprint density at radius 2 is 2.11 bits per heavy atom. The van der Waals surface area contributed by atoms with Gasteiger partial charge < -0.3 is 5.11 Å². The van der Waals surface area contributed by atoms with Crippen LogP contribution in [-0.4, -0.2) is 26.2 Å². The van der Waals surface area contributed by atoms with Crippen LogP contribution in [0.4, 0.5) is 0 Å². The van der Waals surface area contributed by atoms with Gasteiger partial charge >= 0.3 is 0 Å². The van der Waals surface area contributed by atoms with Gasteiger partial charge in [0.1, 0.15) is 6.33 Å². The Morgan fingerprint density at radius 3 is 2.74 bits per heavy atom. The first-order valence-corrected chi connectivity index (χ1v) is 6.34. The first kappa shape index (κ1) is 13.5. The van der Waals surface area contributed by atoms with E-state index in [4.69, 9.17) is 0 Å². The molecule has 4 nitrogen and oxygen atoms in total. The molecule has 1 atom stereocenters. The summed E-state index contributed by atoms with van der Waals surface area (Å²) in [5, 5.41) is 10.3. The molecule has 0 bridgehead atoms. The Morgan fingerprint density at radius 1 is 1.37 bits per heavy atom. The zero-order valence-corrected chi connectivity index (χ0v) is 11.0. The number of imidazole rings is 1. The molecule has 0 aliphatic heterocycles. The lowest BCUT2D eigenvalue weighted by Crippen LogP contribution is -2.30. The highest BCUT2D eigenvalue weighted by Crippen LogP contribution is 2.18. The minimum Gasteiger partial charge on any atom is -0.390 e. The van der Waals surface area contributed by atoms with Crippen LogP contribution < -0.4 is 0 Å². The summed E-state index contributed by atoms with van der Waals surface area (Å²) in [6.07, 6.45) is 6.00. The van der Waals surface area contributed by atoms with Gasteiger partial charge in [-0.1, -0.05) is 30.3 Å². The molecule has 0 amide bonds. The molecule has 19 heavy (non-hydrogen) atoms. The van der Waals surface area contributed by atoms with Crippen LogP contribution in [0.1, 0.15) is 30.1 Å². The number of carbonyl (C=O) groups is 1. The third kappa shape index (κ3) is 4.03. The van der Waals surface area contributed by atoms with Gasteiger partial charge in [0.25, 0.3) is 0 Å². The Balaban J connectivity index is 1.90. The van der Waals surface area contributed by atoms with Crippen molar-refractivity contribution < 1.29 is 9.90 Å². The third-order valence-corrected chi connectivity index (χ3v) is 3.12. The SMILES string of the molecule is CC(O)(CCc1ccccc1)CC(=O)n1ccnc1. The number of carbonyl (C=O) groups excluding carboxylic acids is 1. The first-order valence-electron chi connectivity index (χ1n) is 6.34. The van der Waals surface area contributed by atoms with Gasteiger partial charge in [-0.15, -0.1) is 0 Å². The summed E-state index contributed by atoms with van der Waals surface area (Å²) in [7, 11) is 0. The summed E-state index contributed by atoms with van der Waals surface area (Å²) >= 11 is 0. The minimum atomic E-state index is -1.00. The van der Waals surface area contributed by atoms with E-state index >= 15 is 0 Å². The minimum absolute atomic E-state index is 0.0934. The number of hydrogen-bond donors (Lipinski definition) is 1. The highest BCUT2D eigenvalue weighted by molar-refractivity contribution is 5.79. The maximum absolute atomic E-state index is 11.9. The summed E-state index contributed by atoms with van der Waals surface area (Å²) in [6, 6.07) is 9.95. The monoisotopic (exact) mass is 258 g/mol. The summed E-state index contributed by atoms with van der Waals surface area (Å²) < 4.78 is 1.40. The van der Waals surface area contributed by atoms with Gasteiger partial charge in [0.2, 0.25) is 5.91 Å². The zero-order chi connectivity index (χ0) is 13.7. The van der Waals surface area contributed by atoms with E-state index < -0.39 is 5.60 Å². The predicted molar refractivity (Wildman–Crippen MR) is 72.9 cm³/mol. The van der Waals surface area contributed by atoms with E-state index in [1.165, 1.54) is 10.9 Å². The molecule has 1 aromatic heterocycles. The lowest BCUT2D eigenvalue weighted by Gasteiger charge is -2.22. The number of aromatic nitrogens is 2. The molecule has 1 unspecified atom stereocenters. The summed E-state index contributed by atoms with van der Waals surface area (Å²) in [5.41, 5.74) is 0.162. The van der Waals surface area contributed by atoms with Crippen LogP contribution in [0.3, 0.4) is 0 Å². The van der Waals surface area contributed by atoms with Crippen LogP contribution in [0.25, 0.3) is 0 Å². The van der Waals surface area contributed by atoms with Crippen LogP contribution in [0.15, 0.2) is 49.1 Å². The van der Waals surface area contributed by atoms with E-state index in [1.54, 1.807) is 19.3 Å². The molecule has 0 saturated carbocycles. The van der Waals surface area contributed by atoms with Crippen molar-refractivity contribution in [3.8, 4) is 0 Å². The van der Waals surface area contributed by atoms with Gasteiger partial charge in [-0.2, -0.15) is 0 Å². The summed E-state index contributed by atoms with van der Waals surface area (Å²) in [4.78, 5) is 15.7. The molecule has 1 aromatic carbocycles. The smallest absolute Gasteiger partial charge is 0.234 e. The molecule has 0 aliphatic rings. The first-order chi connectivity index (χ1) is 9.07. The van der Waals surface area contributed by atoms with Crippen molar-refractivity contribution in [2.45, 2.75) is 31.8 Å². The maximum Gasteiger partial charge on any atom is 0.234 e. The number of nitrogens with zero attached hydrogens (tertiary/aromatic N) is 2. The fourth-order valence-electron chi connectivity index (χ4n) is 1.97. The highest BCUT2D eigenvalue weighted by atomic mass is 16.3. The molecule has 100 valence electrons. The number of benzene rings is 1. The van der Waals surface area contributed by atoms with Crippen LogP contribution in [0, 0.1) is 0 Å². The summed E-state index contributed by atoms with van der Waals surface area (Å²) in [5.74, 6) is -0.143. The Hall–Kier alpha value is -1.94. The Bertz CT molecular complexity index is 518. The van der Waals surface area contributed by atoms with Crippen molar-refractivity contribution in [1.29, 1.82) is 0 Å². The van der Waals surface area contributed by atoms with E-state index in [2.05, 4.69) is 4.98 Å². The lowest BCUT2D eigenvalue weighted by atomic mass is 9.93. The normalized spacial score (nSPS) is 14.0. The van der Waals surface area contributed by atoms with Gasteiger partial charge in [-0.05, 0) is 25.3 Å². The van der Waals surface area contributed by atoms with E-state index in [1.807, 2.05) is 30.3 Å². The van der Waals surface area contributed by atoms with Gasteiger partial charge in [0.15, 0.2) is 0 Å². The predicted octanol–water partition coefficient (Wildman–Crippen LogP) is 2.30. The van der Waals surface area contributed by atoms with Gasteiger partial charge in [0.05, 0.1) is 12.0 Å². The Labute approximate surface area is 112 Å². The molecule has 0 fully saturated rings. The molecule has 0 saturated heterocycles. The number of rotatable bonds is 5. The van der Waals surface area contributed by atoms with Crippen molar-refractivity contribution in [2.75, 3.05) is 0 Å². The second-order valence-corrected chi connectivity index (χ2v) is 5.02. The van der Waals surface area contributed by atoms with Gasteiger partial charge in [0, 0.05) is 12.4 Å². The van der Waals surface area contributed by atoms with Crippen molar-refractivity contribution in [2.24, 2.45) is 0 Å². The van der Waals surface area contributed by atoms with Crippen LogP contribution in [0.5, 0.6) is 0 Å². The lowest BCUT2D eigenvalue weighted by molar-refractivity contribution is 0.0350. The van der Waals surface area contributed by atoms with E-state index in [0.29, 0.717) is 6.42 Å². The molecule has 0 spiro atoms. The second-order valence-electron chi connectivity index (χ2n) is 5.02. The van der Waals surface area contributed by atoms with E-state index in [-0.39, 0.29) is 12.3 Å². The largest absolute Gasteiger partial charge is 0.390 e. The molecule has 4 heteroatoms. The van der Waals surface area contributed by atoms with Crippen LogP contribution in [0.2, 0.25) is 0 Å². The average molecular weight is 258 g/mol. The fourth-order valence-corrected chi connectivity index (χ4v) is 1.97. The number of aliphatic hydroxyl groups is 1. The molecule has 0 aliphatic carbocycles. The maximum atomic E-state index is 11.9. The molecule has 2 rings (SSSR count). The molecule has 1 N–H and O–H groups in total. The molecule has 2 aromatic rings. The highest BCUT2D eigenvalue weighted by Gasteiger charge is 2.24. The van der Waals surface area contributed by atoms with Crippen LogP contribution >= 0.6 is 0 Å². The summed E-state index contributed by atoms with van der Waals surface area (Å²) in [6.45, 7) is 1.70. The topological polar surface area (TPSA) is 55.1 Å². The fraction of sp³-hybridized carbons (Fsp3) is 0.333. The number of aryl methyl sites for hydroxylation is 1. The van der Waals surface area contributed by atoms with Crippen LogP contribution in [-0.2, 0) is 6.42 Å². The quantitative estimate of drug-likeness (QED) is 0.895. The van der Waals surface area contributed by atoms with Crippen molar-refractivity contribution >= 4 is 5.91 Å². The number of hydrogen-bond acceptors (Lipinski definition) is 3. The van der Waals surface area contributed by atoms with E-state index in [9.17, 15) is 9.90 Å². The second kappa shape index (κ2) is 5.80. The Kier molecular flexibility index (Phi) is 4.12. The van der Waals surface area contributed by atoms with Crippen molar-refractivity contribution in [1.82, 2.24) is 9.55 Å². The molecule has 0 radical (unpaired) electrons. The zero-order valence-electron chi connectivity index (χ0n) is 11.0. The third-order valence-electron chi connectivity index (χ3n) is 3.12. The van der Waals surface area contributed by atoms with Gasteiger partial charge in [-0.3, -0.25) is 9.36 Å². The molecular weight excluding hydrogens is 240 g/mol. The standard InChI is InChI=1S/C15H18N2O2/c1-15(19,8-7-13-5-3-2-4-6-13)11-14(18)17-10-9-16-12-17/h2-6,9-10,12,19H,7-8,11H2,1H3.